The normalized spacial score (nSPS) is 14.4. The van der Waals surface area contributed by atoms with E-state index in [4.69, 9.17) is 4.74 Å². The highest BCUT2D eigenvalue weighted by Gasteiger charge is 2.24. The second-order valence-corrected chi connectivity index (χ2v) is 7.14. The summed E-state index contributed by atoms with van der Waals surface area (Å²) in [6.45, 7) is 4.65. The Morgan fingerprint density at radius 1 is 0.931 bits per heavy atom. The molecule has 2 aromatic rings. The summed E-state index contributed by atoms with van der Waals surface area (Å²) in [5.41, 5.74) is 0.674. The van der Waals surface area contributed by atoms with Gasteiger partial charge in [0, 0.05) is 31.7 Å². The molecule has 0 unspecified atom stereocenters. The zero-order chi connectivity index (χ0) is 20.6. The SMILES string of the molecule is CCCCOc1ccc(C(=O)N2CCCN(C(=O)c3ccccc3F)CC2)cc1. The third-order valence-electron chi connectivity index (χ3n) is 5.04. The molecule has 0 N–H and O–H groups in total. The van der Waals surface area contributed by atoms with Crippen LogP contribution in [0, 0.1) is 5.82 Å². The number of rotatable bonds is 6. The molecule has 1 aliphatic rings. The first-order valence-corrected chi connectivity index (χ1v) is 10.2. The first-order chi connectivity index (χ1) is 14.1. The highest BCUT2D eigenvalue weighted by atomic mass is 19.1. The summed E-state index contributed by atoms with van der Waals surface area (Å²) < 4.78 is 19.6. The van der Waals surface area contributed by atoms with E-state index in [1.54, 1.807) is 34.1 Å². The predicted molar refractivity (Wildman–Crippen MR) is 110 cm³/mol. The molecule has 1 fully saturated rings. The van der Waals surface area contributed by atoms with Gasteiger partial charge in [-0.25, -0.2) is 4.39 Å². The molecule has 5 nitrogen and oxygen atoms in total. The van der Waals surface area contributed by atoms with Crippen LogP contribution in [0.2, 0.25) is 0 Å². The van der Waals surface area contributed by atoms with Crippen molar-refractivity contribution >= 4 is 11.8 Å². The van der Waals surface area contributed by atoms with Gasteiger partial charge >= 0.3 is 0 Å². The maximum Gasteiger partial charge on any atom is 0.256 e. The van der Waals surface area contributed by atoms with Gasteiger partial charge in [0.2, 0.25) is 0 Å². The number of carbonyl (C=O) groups is 2. The van der Waals surface area contributed by atoms with E-state index in [0.717, 1.165) is 18.6 Å². The van der Waals surface area contributed by atoms with Gasteiger partial charge < -0.3 is 14.5 Å². The van der Waals surface area contributed by atoms with Crippen LogP contribution in [0.1, 0.15) is 46.9 Å². The molecule has 6 heteroatoms. The van der Waals surface area contributed by atoms with E-state index >= 15 is 0 Å². The smallest absolute Gasteiger partial charge is 0.256 e. The lowest BCUT2D eigenvalue weighted by molar-refractivity contribution is 0.0716. The van der Waals surface area contributed by atoms with Crippen molar-refractivity contribution in [3.8, 4) is 5.75 Å². The van der Waals surface area contributed by atoms with Crippen LogP contribution < -0.4 is 4.74 Å². The fraction of sp³-hybridized carbons (Fsp3) is 0.391. The van der Waals surface area contributed by atoms with E-state index in [2.05, 4.69) is 6.92 Å². The van der Waals surface area contributed by atoms with Crippen LogP contribution in [0.25, 0.3) is 0 Å². The van der Waals surface area contributed by atoms with Crippen molar-refractivity contribution in [3.05, 3.63) is 65.5 Å². The van der Waals surface area contributed by atoms with Gasteiger partial charge in [0.25, 0.3) is 11.8 Å². The highest BCUT2D eigenvalue weighted by molar-refractivity contribution is 5.95. The molecule has 0 bridgehead atoms. The first-order valence-electron chi connectivity index (χ1n) is 10.2. The van der Waals surface area contributed by atoms with E-state index in [0.29, 0.717) is 44.8 Å². The fourth-order valence-corrected chi connectivity index (χ4v) is 3.34. The van der Waals surface area contributed by atoms with Crippen molar-refractivity contribution in [2.45, 2.75) is 26.2 Å². The molecule has 0 aliphatic carbocycles. The van der Waals surface area contributed by atoms with Crippen molar-refractivity contribution in [2.75, 3.05) is 32.8 Å². The summed E-state index contributed by atoms with van der Waals surface area (Å²) in [6, 6.07) is 13.2. The lowest BCUT2D eigenvalue weighted by atomic mass is 10.2. The number of ether oxygens (including phenoxy) is 1. The van der Waals surface area contributed by atoms with Gasteiger partial charge in [-0.3, -0.25) is 9.59 Å². The standard InChI is InChI=1S/C23H27FN2O3/c1-2-3-17-29-19-11-9-18(10-12-19)22(27)25-13-6-14-26(16-15-25)23(28)20-7-4-5-8-21(20)24/h4-5,7-12H,2-3,6,13-17H2,1H3. The van der Waals surface area contributed by atoms with Crippen LogP contribution >= 0.6 is 0 Å². The Morgan fingerprint density at radius 3 is 2.24 bits per heavy atom. The number of benzene rings is 2. The predicted octanol–water partition coefficient (Wildman–Crippen LogP) is 3.99. The minimum atomic E-state index is -0.518. The monoisotopic (exact) mass is 398 g/mol. The number of hydrogen-bond acceptors (Lipinski definition) is 3. The Hall–Kier alpha value is -2.89. The molecule has 2 aromatic carbocycles. The summed E-state index contributed by atoms with van der Waals surface area (Å²) in [5, 5.41) is 0. The maximum atomic E-state index is 13.9. The number of amides is 2. The van der Waals surface area contributed by atoms with Crippen LogP contribution in [0.4, 0.5) is 4.39 Å². The Morgan fingerprint density at radius 2 is 1.59 bits per heavy atom. The second kappa shape index (κ2) is 10.0. The zero-order valence-corrected chi connectivity index (χ0v) is 16.8. The van der Waals surface area contributed by atoms with Crippen molar-refractivity contribution in [3.63, 3.8) is 0 Å². The summed E-state index contributed by atoms with van der Waals surface area (Å²) in [4.78, 5) is 28.9. The molecule has 0 aromatic heterocycles. The number of unbranched alkanes of at least 4 members (excludes halogenated alkanes) is 1. The van der Waals surface area contributed by atoms with Gasteiger partial charge in [-0.05, 0) is 49.2 Å². The maximum absolute atomic E-state index is 13.9. The van der Waals surface area contributed by atoms with Gasteiger partial charge in [-0.1, -0.05) is 25.5 Å². The van der Waals surface area contributed by atoms with Crippen molar-refractivity contribution < 1.29 is 18.7 Å². The largest absolute Gasteiger partial charge is 0.494 e. The summed E-state index contributed by atoms with van der Waals surface area (Å²) in [5.74, 6) is -0.153. The molecule has 2 amide bonds. The number of hydrogen-bond donors (Lipinski definition) is 0. The molecular weight excluding hydrogens is 371 g/mol. The third kappa shape index (κ3) is 5.34. The molecule has 1 heterocycles. The molecule has 0 spiro atoms. The van der Waals surface area contributed by atoms with Gasteiger partial charge in [0.1, 0.15) is 11.6 Å². The topological polar surface area (TPSA) is 49.9 Å². The Kier molecular flexibility index (Phi) is 7.22. The van der Waals surface area contributed by atoms with E-state index in [1.807, 2.05) is 12.1 Å². The van der Waals surface area contributed by atoms with Crippen LogP contribution in [0.15, 0.2) is 48.5 Å². The molecule has 1 aliphatic heterocycles. The summed E-state index contributed by atoms with van der Waals surface area (Å²) in [6.07, 6.45) is 2.72. The Balaban J connectivity index is 1.59. The number of carbonyl (C=O) groups excluding carboxylic acids is 2. The van der Waals surface area contributed by atoms with Crippen molar-refractivity contribution in [1.29, 1.82) is 0 Å². The zero-order valence-electron chi connectivity index (χ0n) is 16.8. The van der Waals surface area contributed by atoms with E-state index in [9.17, 15) is 14.0 Å². The molecular formula is C23H27FN2O3. The van der Waals surface area contributed by atoms with Gasteiger partial charge in [-0.15, -0.1) is 0 Å². The summed E-state index contributed by atoms with van der Waals surface area (Å²) in [7, 11) is 0. The van der Waals surface area contributed by atoms with Crippen molar-refractivity contribution in [2.24, 2.45) is 0 Å². The molecule has 1 saturated heterocycles. The molecule has 154 valence electrons. The van der Waals surface area contributed by atoms with Gasteiger partial charge in [0.05, 0.1) is 12.2 Å². The minimum absolute atomic E-state index is 0.0645. The Bertz CT molecular complexity index is 838. The number of halogens is 1. The average Bonchev–Trinajstić information content (AvgIpc) is 3.00. The van der Waals surface area contributed by atoms with Crippen LogP contribution in [-0.2, 0) is 0 Å². The highest BCUT2D eigenvalue weighted by Crippen LogP contribution is 2.17. The third-order valence-corrected chi connectivity index (χ3v) is 5.04. The van der Waals surface area contributed by atoms with E-state index in [1.165, 1.54) is 12.1 Å². The second-order valence-electron chi connectivity index (χ2n) is 7.14. The van der Waals surface area contributed by atoms with Gasteiger partial charge in [-0.2, -0.15) is 0 Å². The van der Waals surface area contributed by atoms with Crippen molar-refractivity contribution in [1.82, 2.24) is 9.80 Å². The minimum Gasteiger partial charge on any atom is -0.494 e. The average molecular weight is 398 g/mol. The quantitative estimate of drug-likeness (QED) is 0.692. The summed E-state index contributed by atoms with van der Waals surface area (Å²) >= 11 is 0. The Labute approximate surface area is 171 Å². The van der Waals surface area contributed by atoms with Crippen LogP contribution in [0.5, 0.6) is 5.75 Å². The molecule has 0 radical (unpaired) electrons. The number of nitrogens with zero attached hydrogens (tertiary/aromatic N) is 2. The van der Waals surface area contributed by atoms with Gasteiger partial charge in [0.15, 0.2) is 0 Å². The van der Waals surface area contributed by atoms with E-state index in [-0.39, 0.29) is 17.4 Å². The van der Waals surface area contributed by atoms with Crippen LogP contribution in [-0.4, -0.2) is 54.4 Å². The molecule has 0 saturated carbocycles. The fourth-order valence-electron chi connectivity index (χ4n) is 3.34. The first kappa shape index (κ1) is 20.8. The molecule has 3 rings (SSSR count). The lowest BCUT2D eigenvalue weighted by Gasteiger charge is -2.22. The molecule has 0 atom stereocenters. The van der Waals surface area contributed by atoms with Crippen LogP contribution in [0.3, 0.4) is 0 Å². The van der Waals surface area contributed by atoms with E-state index < -0.39 is 5.82 Å². The molecule has 29 heavy (non-hydrogen) atoms. The lowest BCUT2D eigenvalue weighted by Crippen LogP contribution is -2.37.